The standard InChI is InChI=1S/C19H27O3PSi/c1-14(20)15-9-6-7-10-16(15)23-17-11-8-12-18(24(3,4)5)19(17)22-13-21-2/h6-12,14,20,23H,13H2,1-5H3. The maximum atomic E-state index is 10.0. The highest BCUT2D eigenvalue weighted by Crippen LogP contribution is 2.24. The van der Waals surface area contributed by atoms with E-state index in [9.17, 15) is 5.11 Å². The number of hydrogen-bond acceptors (Lipinski definition) is 3. The third-order valence-corrected chi connectivity index (χ3v) is 7.22. The van der Waals surface area contributed by atoms with Crippen LogP contribution in [0, 0.1) is 0 Å². The fourth-order valence-corrected chi connectivity index (χ4v) is 5.64. The number of para-hydroxylation sites is 1. The summed E-state index contributed by atoms with van der Waals surface area (Å²) in [4.78, 5) is 0. The molecule has 0 aliphatic heterocycles. The van der Waals surface area contributed by atoms with Crippen molar-refractivity contribution in [3.8, 4) is 5.75 Å². The van der Waals surface area contributed by atoms with E-state index in [0.29, 0.717) is 8.58 Å². The molecule has 3 nitrogen and oxygen atoms in total. The molecule has 0 saturated heterocycles. The molecule has 0 radical (unpaired) electrons. The van der Waals surface area contributed by atoms with E-state index in [2.05, 4.69) is 43.9 Å². The summed E-state index contributed by atoms with van der Waals surface area (Å²) >= 11 is 0. The van der Waals surface area contributed by atoms with Gasteiger partial charge in [-0.05, 0) is 23.0 Å². The minimum Gasteiger partial charge on any atom is -0.467 e. The van der Waals surface area contributed by atoms with Crippen LogP contribution >= 0.6 is 8.58 Å². The lowest BCUT2D eigenvalue weighted by molar-refractivity contribution is 0.0526. The van der Waals surface area contributed by atoms with Crippen molar-refractivity contribution < 1.29 is 14.6 Å². The molecule has 0 aromatic heterocycles. The first-order valence-electron chi connectivity index (χ1n) is 8.14. The molecule has 2 unspecified atom stereocenters. The summed E-state index contributed by atoms with van der Waals surface area (Å²) in [6.45, 7) is 9.01. The van der Waals surface area contributed by atoms with Crippen LogP contribution in [0.3, 0.4) is 0 Å². The van der Waals surface area contributed by atoms with Gasteiger partial charge in [-0.25, -0.2) is 0 Å². The predicted octanol–water partition coefficient (Wildman–Crippen LogP) is 2.90. The zero-order valence-electron chi connectivity index (χ0n) is 15.1. The van der Waals surface area contributed by atoms with E-state index in [1.807, 2.05) is 25.1 Å². The number of ether oxygens (including phenoxy) is 2. The van der Waals surface area contributed by atoms with Crippen LogP contribution in [-0.4, -0.2) is 27.1 Å². The molecule has 0 spiro atoms. The molecule has 24 heavy (non-hydrogen) atoms. The van der Waals surface area contributed by atoms with Crippen LogP contribution in [0.1, 0.15) is 18.6 Å². The summed E-state index contributed by atoms with van der Waals surface area (Å²) in [5.41, 5.74) is 0.979. The van der Waals surface area contributed by atoms with Gasteiger partial charge in [0.1, 0.15) is 5.75 Å². The lowest BCUT2D eigenvalue weighted by atomic mass is 10.1. The smallest absolute Gasteiger partial charge is 0.188 e. The van der Waals surface area contributed by atoms with Crippen LogP contribution in [-0.2, 0) is 4.74 Å². The molecule has 2 aromatic carbocycles. The molecule has 1 N–H and O–H groups in total. The number of aliphatic hydroxyl groups is 1. The van der Waals surface area contributed by atoms with Gasteiger partial charge in [0.2, 0.25) is 0 Å². The van der Waals surface area contributed by atoms with Crippen molar-refractivity contribution in [2.75, 3.05) is 13.9 Å². The highest BCUT2D eigenvalue weighted by molar-refractivity contribution is 7.56. The first-order valence-corrected chi connectivity index (χ1v) is 12.6. The fraction of sp³-hybridized carbons (Fsp3) is 0.368. The van der Waals surface area contributed by atoms with Crippen LogP contribution < -0.4 is 20.5 Å². The minimum atomic E-state index is -1.54. The Bertz CT molecular complexity index is 681. The van der Waals surface area contributed by atoms with Crippen molar-refractivity contribution in [1.82, 2.24) is 0 Å². The van der Waals surface area contributed by atoms with Crippen molar-refractivity contribution >= 4 is 32.5 Å². The summed E-state index contributed by atoms with van der Waals surface area (Å²) in [6, 6.07) is 14.5. The number of rotatable bonds is 7. The fourth-order valence-electron chi connectivity index (χ4n) is 2.62. The minimum absolute atomic E-state index is 0.247. The van der Waals surface area contributed by atoms with E-state index < -0.39 is 14.2 Å². The number of hydrogen-bond donors (Lipinski definition) is 1. The second-order valence-electron chi connectivity index (χ2n) is 6.87. The molecule has 2 rings (SSSR count). The quantitative estimate of drug-likeness (QED) is 0.468. The van der Waals surface area contributed by atoms with Gasteiger partial charge in [-0.15, -0.1) is 0 Å². The van der Waals surface area contributed by atoms with Gasteiger partial charge in [0.05, 0.1) is 14.2 Å². The van der Waals surface area contributed by atoms with Gasteiger partial charge in [0.15, 0.2) is 6.79 Å². The Hall–Kier alpha value is -1.19. The lowest BCUT2D eigenvalue weighted by Crippen LogP contribution is -2.40. The molecule has 2 aromatic rings. The Kier molecular flexibility index (Phi) is 6.59. The molecule has 2 atom stereocenters. The Morgan fingerprint density at radius 2 is 1.71 bits per heavy atom. The highest BCUT2D eigenvalue weighted by atomic mass is 31.1. The molecule has 0 amide bonds. The van der Waals surface area contributed by atoms with Gasteiger partial charge in [0, 0.05) is 12.4 Å². The Balaban J connectivity index is 2.47. The average Bonchev–Trinajstić information content (AvgIpc) is 2.53. The van der Waals surface area contributed by atoms with Gasteiger partial charge in [-0.3, -0.25) is 0 Å². The largest absolute Gasteiger partial charge is 0.467 e. The lowest BCUT2D eigenvalue weighted by Gasteiger charge is -2.23. The van der Waals surface area contributed by atoms with Gasteiger partial charge >= 0.3 is 0 Å². The molecular formula is C19H27O3PSi. The maximum Gasteiger partial charge on any atom is 0.188 e. The highest BCUT2D eigenvalue weighted by Gasteiger charge is 2.23. The molecule has 0 aliphatic rings. The van der Waals surface area contributed by atoms with Crippen LogP contribution in [0.2, 0.25) is 19.6 Å². The van der Waals surface area contributed by atoms with E-state index in [-0.39, 0.29) is 6.79 Å². The number of methoxy groups -OCH3 is 1. The van der Waals surface area contributed by atoms with Gasteiger partial charge < -0.3 is 14.6 Å². The van der Waals surface area contributed by atoms with E-state index in [1.165, 1.54) is 10.5 Å². The Morgan fingerprint density at radius 1 is 1.04 bits per heavy atom. The summed E-state index contributed by atoms with van der Waals surface area (Å²) in [5.74, 6) is 0.956. The molecule has 130 valence electrons. The molecule has 0 fully saturated rings. The van der Waals surface area contributed by atoms with Crippen LogP contribution in [0.5, 0.6) is 5.75 Å². The van der Waals surface area contributed by atoms with E-state index in [1.54, 1.807) is 7.11 Å². The molecule has 0 saturated carbocycles. The van der Waals surface area contributed by atoms with Crippen LogP contribution in [0.25, 0.3) is 0 Å². The summed E-state index contributed by atoms with van der Waals surface area (Å²) < 4.78 is 11.1. The third kappa shape index (κ3) is 4.67. The summed E-state index contributed by atoms with van der Waals surface area (Å²) in [6.07, 6.45) is -0.475. The molecule has 5 heteroatoms. The first kappa shape index (κ1) is 19.1. The Labute approximate surface area is 147 Å². The molecule has 0 heterocycles. The topological polar surface area (TPSA) is 38.7 Å². The van der Waals surface area contributed by atoms with Gasteiger partial charge in [-0.1, -0.05) is 70.7 Å². The zero-order chi connectivity index (χ0) is 17.7. The van der Waals surface area contributed by atoms with E-state index in [0.717, 1.165) is 16.6 Å². The predicted molar refractivity (Wildman–Crippen MR) is 107 cm³/mol. The van der Waals surface area contributed by atoms with Crippen molar-refractivity contribution in [3.63, 3.8) is 0 Å². The van der Waals surface area contributed by atoms with E-state index >= 15 is 0 Å². The number of aliphatic hydroxyl groups excluding tert-OH is 1. The van der Waals surface area contributed by atoms with Crippen molar-refractivity contribution in [2.45, 2.75) is 32.7 Å². The molecule has 0 aliphatic carbocycles. The van der Waals surface area contributed by atoms with Crippen molar-refractivity contribution in [1.29, 1.82) is 0 Å². The van der Waals surface area contributed by atoms with Crippen molar-refractivity contribution in [2.24, 2.45) is 0 Å². The van der Waals surface area contributed by atoms with E-state index in [4.69, 9.17) is 9.47 Å². The molecule has 0 bridgehead atoms. The molecular weight excluding hydrogens is 335 g/mol. The maximum absolute atomic E-state index is 10.0. The SMILES string of the molecule is COCOc1c(Pc2ccccc2C(C)O)cccc1[Si](C)(C)C. The number of benzene rings is 2. The first-order chi connectivity index (χ1) is 11.3. The summed E-state index contributed by atoms with van der Waals surface area (Å²) in [5, 5.41) is 13.7. The van der Waals surface area contributed by atoms with Crippen LogP contribution in [0.15, 0.2) is 42.5 Å². The second kappa shape index (κ2) is 8.26. The van der Waals surface area contributed by atoms with Gasteiger partial charge in [0.25, 0.3) is 0 Å². The second-order valence-corrected chi connectivity index (χ2v) is 13.2. The van der Waals surface area contributed by atoms with Gasteiger partial charge in [-0.2, -0.15) is 0 Å². The zero-order valence-corrected chi connectivity index (χ0v) is 17.1. The third-order valence-electron chi connectivity index (χ3n) is 3.82. The average molecular weight is 362 g/mol. The summed E-state index contributed by atoms with van der Waals surface area (Å²) in [7, 11) is 0.539. The Morgan fingerprint density at radius 3 is 2.33 bits per heavy atom. The monoisotopic (exact) mass is 362 g/mol. The van der Waals surface area contributed by atoms with Crippen LogP contribution in [0.4, 0.5) is 0 Å². The normalized spacial score (nSPS) is 13.4. The van der Waals surface area contributed by atoms with Crippen molar-refractivity contribution in [3.05, 3.63) is 48.0 Å².